The second-order valence-electron chi connectivity index (χ2n) is 4.95. The van der Waals surface area contributed by atoms with Crippen LogP contribution in [0.1, 0.15) is 37.2 Å². The highest BCUT2D eigenvalue weighted by atomic mass is 79.9. The van der Waals surface area contributed by atoms with E-state index in [0.29, 0.717) is 10.4 Å². The monoisotopic (exact) mass is 365 g/mol. The molecule has 2 aromatic heterocycles. The van der Waals surface area contributed by atoms with Crippen molar-refractivity contribution in [3.05, 3.63) is 40.9 Å². The Hall–Kier alpha value is -1.82. The molecule has 0 saturated heterocycles. The first-order valence-electron chi connectivity index (χ1n) is 7.41. The second-order valence-corrected chi connectivity index (χ2v) is 5.73. The van der Waals surface area contributed by atoms with Gasteiger partial charge in [-0.3, -0.25) is 4.79 Å². The Bertz CT molecular complexity index is 604. The molecule has 0 aliphatic rings. The van der Waals surface area contributed by atoms with Gasteiger partial charge < -0.3 is 14.6 Å². The number of nitrogens with one attached hydrogen (secondary N) is 1. The molecule has 0 aliphatic carbocycles. The lowest BCUT2D eigenvalue weighted by molar-refractivity contribution is 0.0995. The number of furan rings is 1. The molecule has 0 aliphatic heterocycles. The molecule has 6 heteroatoms. The fraction of sp³-hybridized carbons (Fsp3) is 0.375. The summed E-state index contributed by atoms with van der Waals surface area (Å²) in [5.74, 6) is 0.899. The highest BCUT2D eigenvalue weighted by Crippen LogP contribution is 2.18. The van der Waals surface area contributed by atoms with Crippen LogP contribution >= 0.6 is 15.9 Å². The number of rotatable bonds is 7. The molecule has 5 nitrogen and oxygen atoms in total. The molecule has 0 atom stereocenters. The molecular weight excluding hydrogens is 346 g/mol. The molecule has 0 aromatic carbocycles. The van der Waals surface area contributed by atoms with Gasteiger partial charge in [0, 0.05) is 13.1 Å². The van der Waals surface area contributed by atoms with Crippen LogP contribution in [0.2, 0.25) is 0 Å². The lowest BCUT2D eigenvalue weighted by Gasteiger charge is -2.22. The van der Waals surface area contributed by atoms with E-state index in [1.54, 1.807) is 18.3 Å². The molecule has 2 heterocycles. The summed E-state index contributed by atoms with van der Waals surface area (Å²) >= 11 is 3.18. The largest absolute Gasteiger partial charge is 0.444 e. The summed E-state index contributed by atoms with van der Waals surface area (Å²) in [4.78, 5) is 18.7. The van der Waals surface area contributed by atoms with Gasteiger partial charge in [0.1, 0.15) is 5.82 Å². The molecular formula is C16H20BrN3O2. The summed E-state index contributed by atoms with van der Waals surface area (Å²) in [6, 6.07) is 7.09. The second kappa shape index (κ2) is 7.98. The highest BCUT2D eigenvalue weighted by Gasteiger charge is 2.11. The van der Waals surface area contributed by atoms with Gasteiger partial charge in [-0.25, -0.2) is 4.98 Å². The Balaban J connectivity index is 2.03. The van der Waals surface area contributed by atoms with Crippen LogP contribution in [-0.2, 0) is 0 Å². The van der Waals surface area contributed by atoms with Crippen molar-refractivity contribution in [2.24, 2.45) is 0 Å². The van der Waals surface area contributed by atoms with Crippen LogP contribution in [0, 0.1) is 0 Å². The number of carbonyl (C=O) groups excluding carboxylic acids is 1. The van der Waals surface area contributed by atoms with Crippen molar-refractivity contribution >= 4 is 33.3 Å². The fourth-order valence-electron chi connectivity index (χ4n) is 2.16. The van der Waals surface area contributed by atoms with Gasteiger partial charge in [-0.1, -0.05) is 13.8 Å². The SMILES string of the molecule is CCCN(CCC)c1ccc(NC(=O)c2ccc(Br)o2)cn1. The van der Waals surface area contributed by atoms with Gasteiger partial charge in [0.2, 0.25) is 0 Å². The number of hydrogen-bond donors (Lipinski definition) is 1. The number of hydrogen-bond acceptors (Lipinski definition) is 4. The summed E-state index contributed by atoms with van der Waals surface area (Å²) in [6.45, 7) is 6.26. The molecule has 118 valence electrons. The Labute approximate surface area is 138 Å². The van der Waals surface area contributed by atoms with Gasteiger partial charge in [0.05, 0.1) is 11.9 Å². The maximum absolute atomic E-state index is 12.0. The minimum Gasteiger partial charge on any atom is -0.444 e. The highest BCUT2D eigenvalue weighted by molar-refractivity contribution is 9.10. The van der Waals surface area contributed by atoms with Gasteiger partial charge in [0.15, 0.2) is 10.4 Å². The van der Waals surface area contributed by atoms with Gasteiger partial charge in [0.25, 0.3) is 5.91 Å². The Morgan fingerprint density at radius 2 is 1.95 bits per heavy atom. The molecule has 0 unspecified atom stereocenters. The van der Waals surface area contributed by atoms with Crippen molar-refractivity contribution in [3.63, 3.8) is 0 Å². The van der Waals surface area contributed by atoms with E-state index < -0.39 is 0 Å². The van der Waals surface area contributed by atoms with Crippen LogP contribution in [0.5, 0.6) is 0 Å². The lowest BCUT2D eigenvalue weighted by atomic mass is 10.3. The van der Waals surface area contributed by atoms with Crippen LogP contribution in [0.4, 0.5) is 11.5 Å². The predicted octanol–water partition coefficient (Wildman–Crippen LogP) is 4.32. The number of pyridine rings is 1. The summed E-state index contributed by atoms with van der Waals surface area (Å²) in [7, 11) is 0. The molecule has 2 rings (SSSR count). The molecule has 0 bridgehead atoms. The van der Waals surface area contributed by atoms with Gasteiger partial charge >= 0.3 is 0 Å². The fourth-order valence-corrected chi connectivity index (χ4v) is 2.46. The van der Waals surface area contributed by atoms with E-state index in [0.717, 1.165) is 31.7 Å². The molecule has 0 saturated carbocycles. The summed E-state index contributed by atoms with van der Waals surface area (Å²) in [6.07, 6.45) is 3.82. The zero-order chi connectivity index (χ0) is 15.9. The summed E-state index contributed by atoms with van der Waals surface area (Å²) < 4.78 is 5.75. The Morgan fingerprint density at radius 1 is 1.23 bits per heavy atom. The van der Waals surface area contributed by atoms with E-state index in [1.165, 1.54) is 0 Å². The topological polar surface area (TPSA) is 58.4 Å². The van der Waals surface area contributed by atoms with Crippen LogP contribution in [-0.4, -0.2) is 24.0 Å². The van der Waals surface area contributed by atoms with Crippen LogP contribution in [0.15, 0.2) is 39.5 Å². The average Bonchev–Trinajstić information content (AvgIpc) is 2.95. The van der Waals surface area contributed by atoms with Crippen molar-refractivity contribution in [1.29, 1.82) is 0 Å². The molecule has 22 heavy (non-hydrogen) atoms. The van der Waals surface area contributed by atoms with Crippen LogP contribution in [0.25, 0.3) is 0 Å². The zero-order valence-corrected chi connectivity index (χ0v) is 14.4. The summed E-state index contributed by atoms with van der Waals surface area (Å²) in [5, 5.41) is 2.77. The zero-order valence-electron chi connectivity index (χ0n) is 12.8. The minimum atomic E-state index is -0.292. The summed E-state index contributed by atoms with van der Waals surface area (Å²) in [5.41, 5.74) is 0.647. The van der Waals surface area contributed by atoms with Crippen molar-refractivity contribution in [2.45, 2.75) is 26.7 Å². The van der Waals surface area contributed by atoms with E-state index in [4.69, 9.17) is 4.42 Å². The van der Waals surface area contributed by atoms with Gasteiger partial charge in [-0.2, -0.15) is 0 Å². The number of halogens is 1. The lowest BCUT2D eigenvalue weighted by Crippen LogP contribution is -2.25. The molecule has 1 amide bonds. The van der Waals surface area contributed by atoms with Crippen molar-refractivity contribution in [2.75, 3.05) is 23.3 Å². The standard InChI is InChI=1S/C16H20BrN3O2/c1-3-9-20(10-4-2)15-8-5-12(11-18-15)19-16(21)13-6-7-14(17)22-13/h5-8,11H,3-4,9-10H2,1-2H3,(H,19,21). The van der Waals surface area contributed by atoms with E-state index in [2.05, 4.69) is 45.0 Å². The van der Waals surface area contributed by atoms with Crippen molar-refractivity contribution in [1.82, 2.24) is 4.98 Å². The number of amides is 1. The van der Waals surface area contributed by atoms with Crippen molar-refractivity contribution < 1.29 is 9.21 Å². The smallest absolute Gasteiger partial charge is 0.291 e. The maximum atomic E-state index is 12.0. The Morgan fingerprint density at radius 3 is 2.45 bits per heavy atom. The third kappa shape index (κ3) is 4.34. The number of nitrogens with zero attached hydrogens (tertiary/aromatic N) is 2. The maximum Gasteiger partial charge on any atom is 0.291 e. The first kappa shape index (κ1) is 16.5. The predicted molar refractivity (Wildman–Crippen MR) is 91.4 cm³/mol. The third-order valence-corrected chi connectivity index (χ3v) is 3.54. The van der Waals surface area contributed by atoms with Crippen LogP contribution < -0.4 is 10.2 Å². The van der Waals surface area contributed by atoms with E-state index in [1.807, 2.05) is 12.1 Å². The number of aromatic nitrogens is 1. The average molecular weight is 366 g/mol. The normalized spacial score (nSPS) is 10.5. The van der Waals surface area contributed by atoms with Gasteiger partial charge in [-0.15, -0.1) is 0 Å². The molecule has 0 fully saturated rings. The van der Waals surface area contributed by atoms with Gasteiger partial charge in [-0.05, 0) is 53.0 Å². The van der Waals surface area contributed by atoms with E-state index in [-0.39, 0.29) is 11.7 Å². The molecule has 2 aromatic rings. The van der Waals surface area contributed by atoms with Crippen LogP contribution in [0.3, 0.4) is 0 Å². The Kier molecular flexibility index (Phi) is 6.00. The van der Waals surface area contributed by atoms with E-state index >= 15 is 0 Å². The minimum absolute atomic E-state index is 0.259. The number of anilines is 2. The van der Waals surface area contributed by atoms with E-state index in [9.17, 15) is 4.79 Å². The molecule has 0 spiro atoms. The first-order chi connectivity index (χ1) is 10.6. The first-order valence-corrected chi connectivity index (χ1v) is 8.21. The molecule has 1 N–H and O–H groups in total. The quantitative estimate of drug-likeness (QED) is 0.793. The number of carbonyl (C=O) groups is 1. The molecule has 0 radical (unpaired) electrons. The third-order valence-electron chi connectivity index (χ3n) is 3.11. The van der Waals surface area contributed by atoms with Crippen molar-refractivity contribution in [3.8, 4) is 0 Å².